The van der Waals surface area contributed by atoms with Crippen LogP contribution in [0, 0.1) is 27.7 Å². The Morgan fingerprint density at radius 2 is 1.62 bits per heavy atom. The topological polar surface area (TPSA) is 52.4 Å². The van der Waals surface area contributed by atoms with Gasteiger partial charge in [0.05, 0.1) is 5.56 Å². The molecule has 0 fully saturated rings. The largest absolute Gasteiger partial charge is 0.434 e. The zero-order valence-electron chi connectivity index (χ0n) is 13.5. The summed E-state index contributed by atoms with van der Waals surface area (Å²) >= 11 is 0. The fourth-order valence-electron chi connectivity index (χ4n) is 2.38. The molecule has 0 aliphatic carbocycles. The highest BCUT2D eigenvalue weighted by Crippen LogP contribution is 2.37. The molecule has 0 saturated carbocycles. The molecule has 0 amide bonds. The van der Waals surface area contributed by atoms with Crippen molar-refractivity contribution in [1.29, 1.82) is 0 Å². The molecular weight excluding hydrogens is 268 g/mol. The molecule has 1 aliphatic rings. The summed E-state index contributed by atoms with van der Waals surface area (Å²) in [5.41, 5.74) is 6.21. The maximum atomic E-state index is 5.88. The van der Waals surface area contributed by atoms with Gasteiger partial charge in [-0.3, -0.25) is 0 Å². The smallest absolute Gasteiger partial charge is 0.286 e. The van der Waals surface area contributed by atoms with Crippen molar-refractivity contribution in [2.45, 2.75) is 41.0 Å². The molecule has 0 aromatic heterocycles. The molecule has 0 unspecified atom stereocenters. The molecule has 0 N–H and O–H groups in total. The molecule has 0 atom stereocenters. The van der Waals surface area contributed by atoms with E-state index in [1.165, 1.54) is 18.2 Å². The summed E-state index contributed by atoms with van der Waals surface area (Å²) in [5.74, 6) is 1.15. The van der Waals surface area contributed by atoms with E-state index >= 15 is 0 Å². The molecule has 1 heterocycles. The summed E-state index contributed by atoms with van der Waals surface area (Å²) in [4.78, 5) is 10.2. The van der Waals surface area contributed by atoms with E-state index < -0.39 is 0 Å². The number of benzene rings is 1. The molecule has 1 aromatic rings. The van der Waals surface area contributed by atoms with E-state index in [1.807, 2.05) is 13.8 Å². The van der Waals surface area contributed by atoms with Crippen LogP contribution in [0.1, 0.15) is 41.2 Å². The van der Waals surface area contributed by atoms with Gasteiger partial charge in [0.25, 0.3) is 5.90 Å². The third-order valence-corrected chi connectivity index (χ3v) is 3.89. The molecule has 2 rings (SSSR count). The average molecular weight is 290 g/mol. The highest BCUT2D eigenvalue weighted by atomic mass is 16.7. The van der Waals surface area contributed by atoms with Crippen LogP contribution >= 0.6 is 0 Å². The Morgan fingerprint density at radius 3 is 2.24 bits per heavy atom. The van der Waals surface area contributed by atoms with Crippen molar-refractivity contribution in [3.05, 3.63) is 27.8 Å². The molecule has 5 heteroatoms. The zero-order valence-corrected chi connectivity index (χ0v) is 13.5. The van der Waals surface area contributed by atoms with Gasteiger partial charge in [0.2, 0.25) is 0 Å². The quantitative estimate of drug-likeness (QED) is 0.631. The van der Waals surface area contributed by atoms with Crippen LogP contribution in [-0.4, -0.2) is 25.3 Å². The lowest BCUT2D eigenvalue weighted by Crippen LogP contribution is -2.15. The third kappa shape index (κ3) is 2.60. The lowest BCUT2D eigenvalue weighted by Gasteiger charge is -2.13. The number of hydrogen-bond donors (Lipinski definition) is 0. The van der Waals surface area contributed by atoms with Crippen LogP contribution in [0.4, 0.5) is 0 Å². The number of rotatable bonds is 4. The molecule has 0 saturated heterocycles. The van der Waals surface area contributed by atoms with Crippen molar-refractivity contribution in [3.8, 4) is 5.75 Å². The van der Waals surface area contributed by atoms with Crippen LogP contribution in [0.3, 0.4) is 0 Å². The van der Waals surface area contributed by atoms with Crippen molar-refractivity contribution in [3.63, 3.8) is 0 Å². The van der Waals surface area contributed by atoms with E-state index in [4.69, 9.17) is 14.4 Å². The first kappa shape index (κ1) is 15.4. The summed E-state index contributed by atoms with van der Waals surface area (Å²) < 4.78 is 5.88. The maximum absolute atomic E-state index is 5.88. The van der Waals surface area contributed by atoms with Gasteiger partial charge in [0.15, 0.2) is 5.71 Å². The van der Waals surface area contributed by atoms with Crippen LogP contribution in [0.25, 0.3) is 0 Å². The van der Waals surface area contributed by atoms with Gasteiger partial charge in [-0.05, 0) is 61.5 Å². The summed E-state index contributed by atoms with van der Waals surface area (Å²) in [6.45, 7) is 10.9. The van der Waals surface area contributed by atoms with Gasteiger partial charge in [-0.2, -0.15) is 0 Å². The van der Waals surface area contributed by atoms with Gasteiger partial charge < -0.3 is 14.4 Å². The Balaban J connectivity index is 2.57. The van der Waals surface area contributed by atoms with Crippen LogP contribution in [0.5, 0.6) is 5.75 Å². The van der Waals surface area contributed by atoms with Gasteiger partial charge in [0, 0.05) is 0 Å². The normalized spacial score (nSPS) is 17.0. The molecule has 1 aliphatic heterocycles. The minimum Gasteiger partial charge on any atom is -0.434 e. The second-order valence-electron chi connectivity index (χ2n) is 5.16. The maximum Gasteiger partial charge on any atom is 0.286 e. The molecule has 21 heavy (non-hydrogen) atoms. The van der Waals surface area contributed by atoms with Gasteiger partial charge in [-0.1, -0.05) is 12.1 Å². The zero-order chi connectivity index (χ0) is 15.6. The predicted octanol–water partition coefficient (Wildman–Crippen LogP) is 3.40. The van der Waals surface area contributed by atoms with Crippen molar-refractivity contribution < 1.29 is 14.4 Å². The van der Waals surface area contributed by atoms with Crippen LogP contribution in [-0.2, 0) is 9.68 Å². The summed E-state index contributed by atoms with van der Waals surface area (Å²) in [7, 11) is 1.51. The second kappa shape index (κ2) is 6.16. The van der Waals surface area contributed by atoms with E-state index in [2.05, 4.69) is 31.1 Å². The predicted molar refractivity (Wildman–Crippen MR) is 83.2 cm³/mol. The van der Waals surface area contributed by atoms with E-state index in [0.29, 0.717) is 18.2 Å². The monoisotopic (exact) mass is 290 g/mol. The van der Waals surface area contributed by atoms with E-state index in [9.17, 15) is 0 Å². The standard InChI is InChI=1S/C16H22N2O3/c1-7-8-20-18-16-14(17-19-6)13-11(4)9(2)10(3)12(5)15(13)21-16/h7-8H2,1-6H3/b17-14-,18-16+. The minimum atomic E-state index is 0.358. The molecule has 1 aromatic carbocycles. The summed E-state index contributed by atoms with van der Waals surface area (Å²) in [6, 6.07) is 0. The van der Waals surface area contributed by atoms with E-state index in [0.717, 1.165) is 28.9 Å². The van der Waals surface area contributed by atoms with Crippen molar-refractivity contribution in [2.24, 2.45) is 10.3 Å². The number of hydrogen-bond acceptors (Lipinski definition) is 5. The third-order valence-electron chi connectivity index (χ3n) is 3.89. The molecular formula is C16H22N2O3. The van der Waals surface area contributed by atoms with Gasteiger partial charge in [0.1, 0.15) is 19.5 Å². The molecule has 0 spiro atoms. The summed E-state index contributed by atoms with van der Waals surface area (Å²) in [5, 5.41) is 8.13. The minimum absolute atomic E-state index is 0.358. The van der Waals surface area contributed by atoms with Crippen LogP contribution < -0.4 is 4.74 Å². The van der Waals surface area contributed by atoms with Crippen LogP contribution in [0.15, 0.2) is 10.3 Å². The number of nitrogens with zero attached hydrogens (tertiary/aromatic N) is 2. The highest BCUT2D eigenvalue weighted by Gasteiger charge is 2.33. The van der Waals surface area contributed by atoms with Gasteiger partial charge >= 0.3 is 0 Å². The first-order valence-electron chi connectivity index (χ1n) is 7.12. The van der Waals surface area contributed by atoms with E-state index in [1.54, 1.807) is 0 Å². The highest BCUT2D eigenvalue weighted by molar-refractivity contribution is 6.49. The Bertz CT molecular complexity index is 619. The Morgan fingerprint density at radius 1 is 0.952 bits per heavy atom. The molecule has 0 radical (unpaired) electrons. The molecule has 5 nitrogen and oxygen atoms in total. The number of oxime groups is 2. The Kier molecular flexibility index (Phi) is 4.50. The first-order valence-corrected chi connectivity index (χ1v) is 7.12. The summed E-state index contributed by atoms with van der Waals surface area (Å²) in [6.07, 6.45) is 0.886. The number of fused-ring (bicyclic) bond motifs is 1. The second-order valence-corrected chi connectivity index (χ2v) is 5.16. The fourth-order valence-corrected chi connectivity index (χ4v) is 2.38. The van der Waals surface area contributed by atoms with Crippen molar-refractivity contribution in [1.82, 2.24) is 0 Å². The van der Waals surface area contributed by atoms with Crippen molar-refractivity contribution in [2.75, 3.05) is 13.7 Å². The van der Waals surface area contributed by atoms with Gasteiger partial charge in [-0.25, -0.2) is 0 Å². The lowest BCUT2D eigenvalue weighted by molar-refractivity contribution is 0.141. The average Bonchev–Trinajstić information content (AvgIpc) is 2.83. The van der Waals surface area contributed by atoms with Crippen LogP contribution in [0.2, 0.25) is 0 Å². The fraction of sp³-hybridized carbons (Fsp3) is 0.500. The van der Waals surface area contributed by atoms with E-state index in [-0.39, 0.29) is 0 Å². The first-order chi connectivity index (χ1) is 10.0. The lowest BCUT2D eigenvalue weighted by atomic mass is 9.92. The molecule has 0 bridgehead atoms. The van der Waals surface area contributed by atoms with Crippen molar-refractivity contribution >= 4 is 11.6 Å². The van der Waals surface area contributed by atoms with Gasteiger partial charge in [-0.15, -0.1) is 0 Å². The number of ether oxygens (including phenoxy) is 1. The SMILES string of the molecule is CCCO/N=C1/Oc2c(C)c(C)c(C)c(C)c2/C1=N/OC. The molecule has 114 valence electrons. The Labute approximate surface area is 125 Å². The Hall–Kier alpha value is -2.04.